The van der Waals surface area contributed by atoms with E-state index >= 15 is 0 Å². The number of thiophene rings is 4. The SMILES string of the molecule is CC(C)(C)c1cc2c3c(c1)N(c1cc(-c4csc5ccccc45)ccc1-c1ccccc1)c1sc4ccc(C(C)(C)C)cc4c1B3c1c(sc3ccc(C(C)(C)C)cc13)N2c1cc(-c2csc3ccccc23)ccc1-c1ccccc1. The number of fused-ring (bicyclic) bond motifs is 10. The number of hydrogen-bond donors (Lipinski definition) is 0. The van der Waals surface area contributed by atoms with E-state index in [0.29, 0.717) is 0 Å². The van der Waals surface area contributed by atoms with Gasteiger partial charge in [0.1, 0.15) is 0 Å². The van der Waals surface area contributed by atoms with Crippen LogP contribution in [0.3, 0.4) is 0 Å². The minimum atomic E-state index is -0.206. The Balaban J connectivity index is 1.12. The van der Waals surface area contributed by atoms with Gasteiger partial charge in [-0.3, -0.25) is 0 Å². The molecule has 81 heavy (non-hydrogen) atoms. The lowest BCUT2D eigenvalue weighted by atomic mass is 9.33. The molecule has 0 fully saturated rings. The van der Waals surface area contributed by atoms with Gasteiger partial charge in [0.25, 0.3) is 6.71 Å². The molecule has 394 valence electrons. The third kappa shape index (κ3) is 8.13. The van der Waals surface area contributed by atoms with Crippen LogP contribution in [0.15, 0.2) is 205 Å². The van der Waals surface area contributed by atoms with Crippen molar-refractivity contribution in [2.75, 3.05) is 9.80 Å². The Bertz CT molecular complexity index is 4380. The zero-order valence-corrected chi connectivity index (χ0v) is 50.5. The molecule has 13 aromatic rings. The molecule has 9 aromatic carbocycles. The monoisotopic (exact) mass is 1120 g/mol. The summed E-state index contributed by atoms with van der Waals surface area (Å²) in [4.78, 5) is 5.46. The molecule has 6 heterocycles. The Morgan fingerprint density at radius 1 is 0.309 bits per heavy atom. The summed E-state index contributed by atoms with van der Waals surface area (Å²) in [5, 5.41) is 12.6. The van der Waals surface area contributed by atoms with Crippen LogP contribution in [-0.4, -0.2) is 6.71 Å². The predicted molar refractivity (Wildman–Crippen MR) is 360 cm³/mol. The topological polar surface area (TPSA) is 6.48 Å². The Kier molecular flexibility index (Phi) is 11.5. The normalized spacial score (nSPS) is 13.4. The van der Waals surface area contributed by atoms with Gasteiger partial charge in [-0.05, 0) is 142 Å². The molecule has 15 rings (SSSR count). The minimum absolute atomic E-state index is 0.0575. The van der Waals surface area contributed by atoms with E-state index in [1.54, 1.807) is 0 Å². The molecule has 0 amide bonds. The molecule has 0 unspecified atom stereocenters. The van der Waals surface area contributed by atoms with E-state index in [4.69, 9.17) is 0 Å². The number of hydrogen-bond acceptors (Lipinski definition) is 6. The lowest BCUT2D eigenvalue weighted by Gasteiger charge is -2.44. The number of nitrogens with zero attached hydrogens (tertiary/aromatic N) is 2. The maximum absolute atomic E-state index is 2.73. The van der Waals surface area contributed by atoms with Crippen LogP contribution in [0.5, 0.6) is 0 Å². The number of rotatable bonds is 6. The summed E-state index contributed by atoms with van der Waals surface area (Å²) in [5.41, 5.74) is 22.4. The molecule has 0 aliphatic carbocycles. The summed E-state index contributed by atoms with van der Waals surface area (Å²) >= 11 is 7.59. The Morgan fingerprint density at radius 2 is 0.716 bits per heavy atom. The fourth-order valence-corrected chi connectivity index (χ4v) is 17.2. The molecular formula is C74H61BN2S4. The van der Waals surface area contributed by atoms with E-state index in [-0.39, 0.29) is 23.0 Å². The summed E-state index contributed by atoms with van der Waals surface area (Å²) in [5.74, 6) is 0. The van der Waals surface area contributed by atoms with Crippen molar-refractivity contribution in [2.45, 2.75) is 78.6 Å². The predicted octanol–water partition coefficient (Wildman–Crippen LogP) is 21.2. The third-order valence-corrected chi connectivity index (χ3v) is 21.4. The number of benzene rings is 9. The van der Waals surface area contributed by atoms with Crippen LogP contribution in [0.2, 0.25) is 0 Å². The fourth-order valence-electron chi connectivity index (χ4n) is 12.8. The highest BCUT2D eigenvalue weighted by Crippen LogP contribution is 2.55. The lowest BCUT2D eigenvalue weighted by molar-refractivity contribution is 0.590. The van der Waals surface area contributed by atoms with Crippen LogP contribution in [-0.2, 0) is 16.2 Å². The van der Waals surface area contributed by atoms with Crippen LogP contribution >= 0.6 is 45.3 Å². The van der Waals surface area contributed by atoms with Gasteiger partial charge in [0.15, 0.2) is 0 Å². The first-order chi connectivity index (χ1) is 39.1. The zero-order chi connectivity index (χ0) is 55.3. The maximum Gasteiger partial charge on any atom is 0.256 e. The summed E-state index contributed by atoms with van der Waals surface area (Å²) in [6, 6.07) is 74.5. The molecule has 2 nitrogen and oxygen atoms in total. The molecule has 0 spiro atoms. The first-order valence-corrected chi connectivity index (χ1v) is 31.7. The van der Waals surface area contributed by atoms with Crippen molar-refractivity contribution >= 4 is 142 Å². The van der Waals surface area contributed by atoms with E-state index in [1.165, 1.54) is 151 Å². The first kappa shape index (κ1) is 50.4. The summed E-state index contributed by atoms with van der Waals surface area (Å²) in [7, 11) is 0. The molecular weight excluding hydrogens is 1060 g/mol. The third-order valence-electron chi connectivity index (χ3n) is 17.1. The highest BCUT2D eigenvalue weighted by molar-refractivity contribution is 7.29. The van der Waals surface area contributed by atoms with E-state index < -0.39 is 0 Å². The zero-order valence-electron chi connectivity index (χ0n) is 47.2. The molecule has 0 N–H and O–H groups in total. The van der Waals surface area contributed by atoms with Gasteiger partial charge < -0.3 is 9.80 Å². The second-order valence-electron chi connectivity index (χ2n) is 25.3. The smallest absolute Gasteiger partial charge is 0.256 e. The highest BCUT2D eigenvalue weighted by atomic mass is 32.1. The van der Waals surface area contributed by atoms with E-state index in [1.807, 2.05) is 45.3 Å². The van der Waals surface area contributed by atoms with E-state index in [0.717, 1.165) is 0 Å². The Morgan fingerprint density at radius 3 is 1.14 bits per heavy atom. The van der Waals surface area contributed by atoms with Gasteiger partial charge in [0, 0.05) is 63.2 Å². The van der Waals surface area contributed by atoms with Crippen LogP contribution in [0.25, 0.3) is 84.9 Å². The van der Waals surface area contributed by atoms with Crippen LogP contribution in [0, 0.1) is 0 Å². The van der Waals surface area contributed by atoms with Crippen molar-refractivity contribution in [3.05, 3.63) is 222 Å². The molecule has 2 aliphatic rings. The summed E-state index contributed by atoms with van der Waals surface area (Å²) < 4.78 is 5.22. The van der Waals surface area contributed by atoms with Crippen molar-refractivity contribution < 1.29 is 0 Å². The van der Waals surface area contributed by atoms with Gasteiger partial charge in [-0.1, -0.05) is 208 Å². The van der Waals surface area contributed by atoms with Crippen molar-refractivity contribution in [1.82, 2.24) is 0 Å². The van der Waals surface area contributed by atoms with Crippen molar-refractivity contribution in [3.63, 3.8) is 0 Å². The van der Waals surface area contributed by atoms with E-state index in [2.05, 4.69) is 277 Å². The molecule has 2 aliphatic heterocycles. The van der Waals surface area contributed by atoms with Crippen molar-refractivity contribution in [2.24, 2.45) is 0 Å². The van der Waals surface area contributed by atoms with Crippen molar-refractivity contribution in [3.8, 4) is 44.5 Å². The standard InChI is InChI=1S/C74H61BN2S4/c1-72(2,3)48-30-34-65-55(38-48)67-70(80-65)76(59-36-46(28-32-51(59)44-20-12-10-13-21-44)57-42-78-63-26-18-16-24-53(57)63)61-40-50(74(7,8)9)41-62-69(61)75(67)68-56-39-49(73(4,5)6)31-35-66(56)81-71(68)77(62)60-37-47(29-33-52(60)45-22-14-11-15-23-45)58-43-79-64-27-19-17-25-54(58)64/h10-43H,1-9H3. The average Bonchev–Trinajstić information content (AvgIpc) is 4.40. The molecule has 0 atom stereocenters. The van der Waals surface area contributed by atoms with Gasteiger partial charge in [-0.25, -0.2) is 0 Å². The molecule has 0 saturated heterocycles. The van der Waals surface area contributed by atoms with Crippen LogP contribution < -0.4 is 26.2 Å². The first-order valence-electron chi connectivity index (χ1n) is 28.3. The summed E-state index contributed by atoms with van der Waals surface area (Å²) in [6.45, 7) is 21.3. The maximum atomic E-state index is 2.73. The average molecular weight is 1120 g/mol. The quantitative estimate of drug-likeness (QED) is 0.153. The lowest BCUT2D eigenvalue weighted by Crippen LogP contribution is -2.60. The molecule has 0 radical (unpaired) electrons. The second kappa shape index (κ2) is 18.5. The van der Waals surface area contributed by atoms with E-state index in [9.17, 15) is 0 Å². The van der Waals surface area contributed by atoms with Gasteiger partial charge in [0.2, 0.25) is 0 Å². The van der Waals surface area contributed by atoms with Gasteiger partial charge >= 0.3 is 0 Å². The largest absolute Gasteiger partial charge is 0.302 e. The Labute approximate surface area is 492 Å². The Hall–Kier alpha value is -7.52. The molecule has 7 heteroatoms. The van der Waals surface area contributed by atoms with Gasteiger partial charge in [-0.2, -0.15) is 0 Å². The fraction of sp³-hybridized carbons (Fsp3) is 0.162. The van der Waals surface area contributed by atoms with Gasteiger partial charge in [0.05, 0.1) is 21.4 Å². The molecule has 0 saturated carbocycles. The molecule has 4 aromatic heterocycles. The van der Waals surface area contributed by atoms with Crippen molar-refractivity contribution in [1.29, 1.82) is 0 Å². The van der Waals surface area contributed by atoms with Crippen LogP contribution in [0.4, 0.5) is 32.8 Å². The number of anilines is 6. The second-order valence-corrected chi connectivity index (χ2v) is 29.2. The minimum Gasteiger partial charge on any atom is -0.302 e. The van der Waals surface area contributed by atoms with Gasteiger partial charge in [-0.15, -0.1) is 45.3 Å². The van der Waals surface area contributed by atoms with Crippen LogP contribution in [0.1, 0.15) is 79.0 Å². The highest BCUT2D eigenvalue weighted by Gasteiger charge is 2.48. The molecule has 0 bridgehead atoms. The summed E-state index contributed by atoms with van der Waals surface area (Å²) in [6.07, 6.45) is 0.